The molecular formula is C21H25N3OS. The summed E-state index contributed by atoms with van der Waals surface area (Å²) in [5, 5.41) is 0.792. The number of aliphatic imine (C=N–C) groups is 1. The molecule has 136 valence electrons. The minimum atomic E-state index is 0.0291. The largest absolute Gasteiger partial charge is 0.317 e. The molecule has 1 aromatic heterocycles. The van der Waals surface area contributed by atoms with E-state index in [1.54, 1.807) is 4.90 Å². The van der Waals surface area contributed by atoms with Crippen molar-refractivity contribution in [3.63, 3.8) is 0 Å². The highest BCUT2D eigenvalue weighted by atomic mass is 32.2. The van der Waals surface area contributed by atoms with Crippen molar-refractivity contribution < 1.29 is 4.79 Å². The highest BCUT2D eigenvalue weighted by molar-refractivity contribution is 8.18. The zero-order chi connectivity index (χ0) is 18.8. The summed E-state index contributed by atoms with van der Waals surface area (Å²) in [5.74, 6) is 0.0291. The second-order valence-corrected chi connectivity index (χ2v) is 8.04. The fourth-order valence-electron chi connectivity index (χ4n) is 2.91. The highest BCUT2D eigenvalue weighted by Crippen LogP contribution is 2.34. The van der Waals surface area contributed by atoms with Crippen LogP contribution >= 0.6 is 11.8 Å². The van der Waals surface area contributed by atoms with Crippen LogP contribution in [0.15, 0.2) is 52.5 Å². The molecule has 2 heterocycles. The Labute approximate surface area is 159 Å². The fourth-order valence-corrected chi connectivity index (χ4v) is 4.13. The standard InChI is InChI=1S/C21H25N3OS/c1-14(2)22-21-24(15(3)4)20(25)19(26-21)13-18-10-7-11-23(18)17-9-6-8-16(5)12-17/h6-15H,1-5H3/b19-13+,22-21?. The Morgan fingerprint density at radius 1 is 1.12 bits per heavy atom. The van der Waals surface area contributed by atoms with E-state index >= 15 is 0 Å². The molecule has 5 heteroatoms. The van der Waals surface area contributed by atoms with Crippen molar-refractivity contribution in [3.05, 3.63) is 58.8 Å². The van der Waals surface area contributed by atoms with Gasteiger partial charge in [-0.05, 0) is 82.3 Å². The van der Waals surface area contributed by atoms with E-state index in [9.17, 15) is 4.79 Å². The van der Waals surface area contributed by atoms with Gasteiger partial charge in [-0.15, -0.1) is 0 Å². The maximum Gasteiger partial charge on any atom is 0.267 e. The molecule has 3 rings (SSSR count). The number of carbonyl (C=O) groups excluding carboxylic acids is 1. The first-order chi connectivity index (χ1) is 12.4. The average Bonchev–Trinajstić information content (AvgIpc) is 3.12. The number of benzene rings is 1. The number of aryl methyl sites for hydroxylation is 1. The maximum absolute atomic E-state index is 12.9. The molecule has 1 saturated heterocycles. The van der Waals surface area contributed by atoms with E-state index in [4.69, 9.17) is 0 Å². The summed E-state index contributed by atoms with van der Waals surface area (Å²) in [5.41, 5.74) is 3.29. The molecule has 0 aliphatic carbocycles. The molecule has 1 aromatic carbocycles. The van der Waals surface area contributed by atoms with Crippen LogP contribution in [0, 0.1) is 6.92 Å². The van der Waals surface area contributed by atoms with Gasteiger partial charge >= 0.3 is 0 Å². The molecule has 0 atom stereocenters. The number of hydrogen-bond acceptors (Lipinski definition) is 3. The average molecular weight is 368 g/mol. The molecule has 0 saturated carbocycles. The van der Waals surface area contributed by atoms with Crippen LogP contribution < -0.4 is 0 Å². The van der Waals surface area contributed by atoms with Gasteiger partial charge in [-0.25, -0.2) is 0 Å². The predicted molar refractivity (Wildman–Crippen MR) is 111 cm³/mol. The Bertz CT molecular complexity index is 877. The lowest BCUT2D eigenvalue weighted by Crippen LogP contribution is -2.35. The van der Waals surface area contributed by atoms with Crippen molar-refractivity contribution in [2.75, 3.05) is 0 Å². The molecule has 0 unspecified atom stereocenters. The first kappa shape index (κ1) is 18.5. The second-order valence-electron chi connectivity index (χ2n) is 7.03. The van der Waals surface area contributed by atoms with Crippen LogP contribution in [0.25, 0.3) is 11.8 Å². The van der Waals surface area contributed by atoms with Crippen LogP contribution in [-0.4, -0.2) is 32.6 Å². The molecule has 26 heavy (non-hydrogen) atoms. The Morgan fingerprint density at radius 3 is 2.54 bits per heavy atom. The second kappa shape index (κ2) is 7.54. The minimum Gasteiger partial charge on any atom is -0.317 e. The quantitative estimate of drug-likeness (QED) is 0.723. The molecule has 0 bridgehead atoms. The van der Waals surface area contributed by atoms with E-state index in [1.165, 1.54) is 17.3 Å². The summed E-state index contributed by atoms with van der Waals surface area (Å²) in [7, 11) is 0. The van der Waals surface area contributed by atoms with Gasteiger partial charge in [0, 0.05) is 29.7 Å². The minimum absolute atomic E-state index is 0.0291. The number of rotatable bonds is 4. The Morgan fingerprint density at radius 2 is 1.88 bits per heavy atom. The third-order valence-electron chi connectivity index (χ3n) is 4.06. The molecule has 4 nitrogen and oxygen atoms in total. The van der Waals surface area contributed by atoms with Crippen molar-refractivity contribution in [3.8, 4) is 5.69 Å². The van der Waals surface area contributed by atoms with E-state index < -0.39 is 0 Å². The predicted octanol–water partition coefficient (Wildman–Crippen LogP) is 4.87. The first-order valence-corrected chi connectivity index (χ1v) is 9.73. The van der Waals surface area contributed by atoms with Crippen LogP contribution in [0.3, 0.4) is 0 Å². The van der Waals surface area contributed by atoms with Gasteiger partial charge in [0.2, 0.25) is 0 Å². The number of carbonyl (C=O) groups is 1. The van der Waals surface area contributed by atoms with Gasteiger partial charge in [-0.3, -0.25) is 14.7 Å². The number of hydrogen-bond donors (Lipinski definition) is 0. The Kier molecular flexibility index (Phi) is 5.37. The highest BCUT2D eigenvalue weighted by Gasteiger charge is 2.35. The Hall–Kier alpha value is -2.27. The first-order valence-electron chi connectivity index (χ1n) is 8.92. The number of nitrogens with zero attached hydrogens (tertiary/aromatic N) is 3. The Balaban J connectivity index is 1.99. The van der Waals surface area contributed by atoms with Crippen LogP contribution in [-0.2, 0) is 4.79 Å². The van der Waals surface area contributed by atoms with Gasteiger partial charge in [-0.2, -0.15) is 0 Å². The van der Waals surface area contributed by atoms with Crippen LogP contribution in [0.1, 0.15) is 39.0 Å². The van der Waals surface area contributed by atoms with E-state index in [0.717, 1.165) is 16.5 Å². The molecule has 1 aliphatic rings. The molecule has 1 aliphatic heterocycles. The third kappa shape index (κ3) is 3.78. The van der Waals surface area contributed by atoms with Gasteiger partial charge in [-0.1, -0.05) is 12.1 Å². The summed E-state index contributed by atoms with van der Waals surface area (Å²) in [6.45, 7) is 10.2. The zero-order valence-electron chi connectivity index (χ0n) is 15.9. The summed E-state index contributed by atoms with van der Waals surface area (Å²) < 4.78 is 2.10. The smallest absolute Gasteiger partial charge is 0.267 e. The van der Waals surface area contributed by atoms with Gasteiger partial charge in [0.25, 0.3) is 5.91 Å². The van der Waals surface area contributed by atoms with Crippen LogP contribution in [0.4, 0.5) is 0 Å². The van der Waals surface area contributed by atoms with Crippen molar-refractivity contribution in [1.29, 1.82) is 0 Å². The van der Waals surface area contributed by atoms with Crippen molar-refractivity contribution in [1.82, 2.24) is 9.47 Å². The summed E-state index contributed by atoms with van der Waals surface area (Å²) in [6, 6.07) is 12.6. The summed E-state index contributed by atoms with van der Waals surface area (Å²) in [6.07, 6.45) is 3.99. The fraction of sp³-hybridized carbons (Fsp3) is 0.333. The summed E-state index contributed by atoms with van der Waals surface area (Å²) in [4.78, 5) is 20.1. The van der Waals surface area contributed by atoms with Gasteiger partial charge in [0.15, 0.2) is 5.17 Å². The molecule has 0 spiro atoms. The van der Waals surface area contributed by atoms with Gasteiger partial charge < -0.3 is 4.57 Å². The molecule has 1 amide bonds. The topological polar surface area (TPSA) is 37.6 Å². The normalized spacial score (nSPS) is 18.1. The lowest BCUT2D eigenvalue weighted by Gasteiger charge is -2.20. The number of amidine groups is 1. The maximum atomic E-state index is 12.9. The van der Waals surface area contributed by atoms with Crippen molar-refractivity contribution in [2.24, 2.45) is 4.99 Å². The van der Waals surface area contributed by atoms with E-state index in [0.29, 0.717) is 4.91 Å². The SMILES string of the molecule is Cc1cccc(-n2cccc2/C=C2/SC(=NC(C)C)N(C(C)C)C2=O)c1. The molecule has 1 fully saturated rings. The van der Waals surface area contributed by atoms with Crippen molar-refractivity contribution >= 4 is 28.9 Å². The molecule has 0 radical (unpaired) electrons. The number of aromatic nitrogens is 1. The summed E-state index contributed by atoms with van der Waals surface area (Å²) >= 11 is 1.46. The van der Waals surface area contributed by atoms with E-state index in [2.05, 4.69) is 34.7 Å². The third-order valence-corrected chi connectivity index (χ3v) is 5.06. The molecule has 0 N–H and O–H groups in total. The van der Waals surface area contributed by atoms with Gasteiger partial charge in [0.05, 0.1) is 4.91 Å². The zero-order valence-corrected chi connectivity index (χ0v) is 16.7. The number of thioether (sulfide) groups is 1. The monoisotopic (exact) mass is 367 g/mol. The molecular weight excluding hydrogens is 342 g/mol. The lowest BCUT2D eigenvalue weighted by atomic mass is 10.2. The van der Waals surface area contributed by atoms with E-state index in [-0.39, 0.29) is 18.0 Å². The van der Waals surface area contributed by atoms with Crippen LogP contribution in [0.5, 0.6) is 0 Å². The van der Waals surface area contributed by atoms with Crippen molar-refractivity contribution in [2.45, 2.75) is 46.7 Å². The van der Waals surface area contributed by atoms with E-state index in [1.807, 2.05) is 58.2 Å². The van der Waals surface area contributed by atoms with Crippen LogP contribution in [0.2, 0.25) is 0 Å². The molecule has 2 aromatic rings. The lowest BCUT2D eigenvalue weighted by molar-refractivity contribution is -0.123. The van der Waals surface area contributed by atoms with Gasteiger partial charge in [0.1, 0.15) is 0 Å². The number of amides is 1.